The Morgan fingerprint density at radius 2 is 0.773 bits per heavy atom. The fraction of sp³-hybridized carbons (Fsp3) is 0.333. The Morgan fingerprint density at radius 3 is 1.09 bits per heavy atom. The summed E-state index contributed by atoms with van der Waals surface area (Å²) in [6, 6.07) is 26.6. The number of aliphatic imine (C=N–C) groups is 2. The van der Waals surface area contributed by atoms with Crippen LogP contribution in [0.4, 0.5) is 30.6 Å². The molecule has 2 heterocycles. The van der Waals surface area contributed by atoms with Gasteiger partial charge in [-0.05, 0) is 131 Å². The Kier molecular flexibility index (Phi) is 13.6. The highest BCUT2D eigenvalue weighted by molar-refractivity contribution is 6.07. The molecule has 6 aromatic rings. The van der Waals surface area contributed by atoms with Gasteiger partial charge in [0.1, 0.15) is 34.1 Å². The van der Waals surface area contributed by atoms with Crippen LogP contribution < -0.4 is 21.3 Å². The highest BCUT2D eigenvalue weighted by Gasteiger charge is 2.23. The predicted molar refractivity (Wildman–Crippen MR) is 255 cm³/mol. The van der Waals surface area contributed by atoms with Crippen molar-refractivity contribution >= 4 is 69.7 Å². The number of nitrogens with zero attached hydrogens (tertiary/aromatic N) is 4. The Morgan fingerprint density at radius 1 is 0.455 bits per heavy atom. The number of H-pyrrole nitrogens is 2. The Balaban J connectivity index is 1.14. The number of imidazole rings is 2. The van der Waals surface area contributed by atoms with Crippen LogP contribution in [-0.2, 0) is 18.9 Å². The molecule has 0 saturated carbocycles. The summed E-state index contributed by atoms with van der Waals surface area (Å²) >= 11 is 0. The second kappa shape index (κ2) is 18.8. The van der Waals surface area contributed by atoms with Crippen molar-refractivity contribution in [2.45, 2.75) is 105 Å². The quantitative estimate of drug-likeness (QED) is 0.0538. The highest BCUT2D eigenvalue weighted by atomic mass is 16.6. The van der Waals surface area contributed by atoms with Crippen molar-refractivity contribution in [1.29, 1.82) is 0 Å². The molecule has 0 radical (unpaired) electrons. The fourth-order valence-electron chi connectivity index (χ4n) is 6.09. The summed E-state index contributed by atoms with van der Waals surface area (Å²) in [7, 11) is 0. The summed E-state index contributed by atoms with van der Waals surface area (Å²) < 4.78 is 21.4. The summed E-state index contributed by atoms with van der Waals surface area (Å²) in [5.41, 5.74) is 4.41. The first-order valence-corrected chi connectivity index (χ1v) is 21.1. The summed E-state index contributed by atoms with van der Waals surface area (Å²) in [5, 5.41) is 10.9. The van der Waals surface area contributed by atoms with E-state index in [0.717, 1.165) is 22.3 Å². The Labute approximate surface area is 382 Å². The summed E-state index contributed by atoms with van der Waals surface area (Å²) in [6.45, 7) is 20.7. The van der Waals surface area contributed by atoms with E-state index in [4.69, 9.17) is 28.9 Å². The molecule has 6 rings (SSSR count). The topological polar surface area (TPSA) is 235 Å². The maximum absolute atomic E-state index is 12.6. The van der Waals surface area contributed by atoms with Crippen molar-refractivity contribution in [1.82, 2.24) is 30.6 Å². The molecule has 0 atom stereocenters. The fourth-order valence-corrected chi connectivity index (χ4v) is 6.09. The van der Waals surface area contributed by atoms with Crippen LogP contribution in [0.3, 0.4) is 0 Å². The van der Waals surface area contributed by atoms with E-state index in [1.807, 2.05) is 48.5 Å². The molecule has 18 nitrogen and oxygen atoms in total. The second-order valence-corrected chi connectivity index (χ2v) is 19.2. The minimum absolute atomic E-state index is 0.170. The third-order valence-corrected chi connectivity index (χ3v) is 8.57. The number of hydrogen-bond acceptors (Lipinski definition) is 10. The maximum Gasteiger partial charge on any atom is 0.437 e. The molecule has 0 fully saturated rings. The van der Waals surface area contributed by atoms with Crippen LogP contribution in [-0.4, -0.2) is 78.6 Å². The van der Waals surface area contributed by atoms with E-state index < -0.39 is 46.8 Å². The van der Waals surface area contributed by atoms with Crippen molar-refractivity contribution in [3.8, 4) is 33.9 Å². The molecule has 346 valence electrons. The van der Waals surface area contributed by atoms with Gasteiger partial charge in [-0.3, -0.25) is 10.6 Å². The molecule has 2 aromatic heterocycles. The molecule has 66 heavy (non-hydrogen) atoms. The first kappa shape index (κ1) is 47.7. The Hall–Kier alpha value is -7.76. The number of aromatic amines is 2. The number of amides is 4. The Bertz CT molecular complexity index is 2620. The van der Waals surface area contributed by atoms with E-state index in [1.54, 1.807) is 119 Å². The van der Waals surface area contributed by atoms with Crippen LogP contribution >= 0.6 is 0 Å². The van der Waals surface area contributed by atoms with Crippen molar-refractivity contribution in [2.24, 2.45) is 9.98 Å². The van der Waals surface area contributed by atoms with Crippen LogP contribution in [0.1, 0.15) is 83.1 Å². The summed E-state index contributed by atoms with van der Waals surface area (Å²) in [4.78, 5) is 74.4. The zero-order chi connectivity index (χ0) is 48.2. The maximum atomic E-state index is 12.6. The van der Waals surface area contributed by atoms with Crippen LogP contribution in [0.15, 0.2) is 94.9 Å². The van der Waals surface area contributed by atoms with Gasteiger partial charge >= 0.3 is 24.4 Å². The van der Waals surface area contributed by atoms with Crippen molar-refractivity contribution < 1.29 is 38.1 Å². The minimum atomic E-state index is -0.890. The molecular weight excluding hydrogens is 845 g/mol. The molecule has 0 bridgehead atoms. The molecule has 0 unspecified atom stereocenters. The van der Waals surface area contributed by atoms with Gasteiger partial charge < -0.3 is 39.5 Å². The number of carbonyl (C=O) groups is 4. The third-order valence-electron chi connectivity index (χ3n) is 8.57. The number of hydrogen-bond donors (Lipinski definition) is 6. The van der Waals surface area contributed by atoms with Gasteiger partial charge in [-0.25, -0.2) is 29.1 Å². The molecule has 0 aliphatic rings. The van der Waals surface area contributed by atoms with Gasteiger partial charge in [-0.1, -0.05) is 48.5 Å². The molecule has 4 aromatic carbocycles. The van der Waals surface area contributed by atoms with Crippen LogP contribution in [0.2, 0.25) is 0 Å². The third kappa shape index (κ3) is 14.1. The van der Waals surface area contributed by atoms with E-state index in [-0.39, 0.29) is 11.9 Å². The van der Waals surface area contributed by atoms with Crippen LogP contribution in [0, 0.1) is 0 Å². The standard InChI is InChI=1S/C48H56N10O8/c1-45(2,3)63-41(59)55-39(56-42(60)64-46(4,5)6)49-31-21-23-33-35(25-31)53-37(51-33)29-17-13-27(14-18-29)28-15-19-30(20-16-28)38-52-34-24-22-32(26-36(34)54-38)50-40(57-43(61)65-47(7,8)9)58-44(62)66-48(10,11)12/h13-26H,1-12H3,(H,51,53)(H,52,54)(H2,49,55,56,59,60)(H2,50,57,58,61,62). The van der Waals surface area contributed by atoms with Crippen LogP contribution in [0.5, 0.6) is 0 Å². The number of rotatable bonds is 5. The van der Waals surface area contributed by atoms with E-state index >= 15 is 0 Å². The average molecular weight is 901 g/mol. The number of alkyl carbamates (subject to hydrolysis) is 2. The van der Waals surface area contributed by atoms with Gasteiger partial charge in [0.2, 0.25) is 11.9 Å². The second-order valence-electron chi connectivity index (χ2n) is 19.2. The highest BCUT2D eigenvalue weighted by Crippen LogP contribution is 2.29. The number of guanidine groups is 2. The lowest BCUT2D eigenvalue weighted by Crippen LogP contribution is -2.40. The SMILES string of the molecule is CC(C)(C)OC(=O)N=C(NC(=O)OC(C)(C)C)Nc1ccc2nc(-c3ccc(-c4ccc(-c5nc6ccc(NC(=NC(=O)OC(C)(C)C)NC(=O)OC(C)(C)C)cc6[nH]5)cc4)cc3)[nH]c2c1. The lowest BCUT2D eigenvalue weighted by Gasteiger charge is -2.21. The van der Waals surface area contributed by atoms with Gasteiger partial charge in [-0.2, -0.15) is 0 Å². The van der Waals surface area contributed by atoms with E-state index in [0.29, 0.717) is 45.1 Å². The van der Waals surface area contributed by atoms with Crippen molar-refractivity contribution in [3.63, 3.8) is 0 Å². The first-order chi connectivity index (χ1) is 30.7. The number of aromatic nitrogens is 4. The molecule has 0 spiro atoms. The van der Waals surface area contributed by atoms with Crippen molar-refractivity contribution in [2.75, 3.05) is 10.6 Å². The zero-order valence-corrected chi connectivity index (χ0v) is 39.1. The lowest BCUT2D eigenvalue weighted by molar-refractivity contribution is 0.0545. The number of nitrogens with one attached hydrogen (secondary N) is 6. The van der Waals surface area contributed by atoms with Gasteiger partial charge in [0.15, 0.2) is 0 Å². The molecule has 0 aliphatic heterocycles. The number of anilines is 2. The first-order valence-electron chi connectivity index (χ1n) is 21.1. The minimum Gasteiger partial charge on any atom is -0.444 e. The number of ether oxygens (including phenoxy) is 4. The van der Waals surface area contributed by atoms with E-state index in [9.17, 15) is 19.2 Å². The zero-order valence-electron chi connectivity index (χ0n) is 39.1. The van der Waals surface area contributed by atoms with Gasteiger partial charge in [-0.15, -0.1) is 9.98 Å². The monoisotopic (exact) mass is 900 g/mol. The van der Waals surface area contributed by atoms with E-state index in [2.05, 4.69) is 41.2 Å². The van der Waals surface area contributed by atoms with Gasteiger partial charge in [0.05, 0.1) is 22.1 Å². The molecule has 0 saturated heterocycles. The molecule has 18 heteroatoms. The number of fused-ring (bicyclic) bond motifs is 2. The van der Waals surface area contributed by atoms with Crippen molar-refractivity contribution in [3.05, 3.63) is 84.9 Å². The van der Waals surface area contributed by atoms with Gasteiger partial charge in [0, 0.05) is 22.5 Å². The summed E-state index contributed by atoms with van der Waals surface area (Å²) in [6.07, 6.45) is -3.37. The predicted octanol–water partition coefficient (Wildman–Crippen LogP) is 10.9. The van der Waals surface area contributed by atoms with Crippen LogP contribution in [0.25, 0.3) is 56.0 Å². The lowest BCUT2D eigenvalue weighted by atomic mass is 10.0. The summed E-state index contributed by atoms with van der Waals surface area (Å²) in [5.74, 6) is 0.953. The molecule has 0 aliphatic carbocycles. The molecular formula is C48H56N10O8. The number of benzene rings is 4. The smallest absolute Gasteiger partial charge is 0.437 e. The number of carbonyl (C=O) groups excluding carboxylic acids is 4. The average Bonchev–Trinajstić information content (AvgIpc) is 3.79. The molecule has 4 amide bonds. The largest absolute Gasteiger partial charge is 0.444 e. The van der Waals surface area contributed by atoms with Gasteiger partial charge in [0.25, 0.3) is 0 Å². The normalized spacial score (nSPS) is 12.7. The molecule has 6 N–H and O–H groups in total. The van der Waals surface area contributed by atoms with E-state index in [1.165, 1.54) is 0 Å².